The highest BCUT2D eigenvalue weighted by atomic mass is 16.5. The third-order valence-electron chi connectivity index (χ3n) is 2.32. The zero-order chi connectivity index (χ0) is 9.56. The van der Waals surface area contributed by atoms with Gasteiger partial charge in [-0.15, -0.1) is 0 Å². The standard InChI is InChI=1S/C6H11NO.2C2H6/c1-7-5-2-6(7)4-8-3-5;2*1-2/h5-6H,2-4H2,1H3;2*1-2H3. The van der Waals surface area contributed by atoms with E-state index in [0.29, 0.717) is 0 Å². The molecule has 0 N–H and O–H groups in total. The van der Waals surface area contributed by atoms with Crippen LogP contribution in [-0.4, -0.2) is 37.2 Å². The van der Waals surface area contributed by atoms with E-state index in [9.17, 15) is 0 Å². The van der Waals surface area contributed by atoms with Gasteiger partial charge in [-0.2, -0.15) is 0 Å². The summed E-state index contributed by atoms with van der Waals surface area (Å²) in [4.78, 5) is 2.41. The van der Waals surface area contributed by atoms with Crippen molar-refractivity contribution in [1.82, 2.24) is 4.90 Å². The number of ether oxygens (including phenoxy) is 1. The van der Waals surface area contributed by atoms with Gasteiger partial charge in [-0.05, 0) is 13.5 Å². The zero-order valence-corrected chi connectivity index (χ0v) is 9.13. The van der Waals surface area contributed by atoms with E-state index in [1.54, 1.807) is 0 Å². The van der Waals surface area contributed by atoms with Gasteiger partial charge in [0.2, 0.25) is 0 Å². The molecule has 0 aromatic rings. The molecule has 0 radical (unpaired) electrons. The van der Waals surface area contributed by atoms with Gasteiger partial charge in [0, 0.05) is 12.1 Å². The fraction of sp³-hybridized carbons (Fsp3) is 1.00. The summed E-state index contributed by atoms with van der Waals surface area (Å²) >= 11 is 0. The highest BCUT2D eigenvalue weighted by molar-refractivity contribution is 4.93. The Labute approximate surface area is 76.9 Å². The number of rotatable bonds is 0. The van der Waals surface area contributed by atoms with E-state index in [0.717, 1.165) is 25.3 Å². The third kappa shape index (κ3) is 2.46. The van der Waals surface area contributed by atoms with Crippen molar-refractivity contribution in [2.75, 3.05) is 20.3 Å². The molecular weight excluding hydrogens is 150 g/mol. The first-order chi connectivity index (χ1) is 5.88. The fourth-order valence-electron chi connectivity index (χ4n) is 1.52. The zero-order valence-electron chi connectivity index (χ0n) is 9.13. The van der Waals surface area contributed by atoms with Crippen molar-refractivity contribution in [3.05, 3.63) is 0 Å². The molecule has 2 nitrogen and oxygen atoms in total. The van der Waals surface area contributed by atoms with E-state index in [1.165, 1.54) is 6.42 Å². The van der Waals surface area contributed by atoms with Crippen LogP contribution in [0, 0.1) is 0 Å². The monoisotopic (exact) mass is 173 g/mol. The van der Waals surface area contributed by atoms with Crippen molar-refractivity contribution in [2.24, 2.45) is 0 Å². The van der Waals surface area contributed by atoms with Crippen LogP contribution in [-0.2, 0) is 4.74 Å². The average Bonchev–Trinajstić information content (AvgIpc) is 2.24. The summed E-state index contributed by atoms with van der Waals surface area (Å²) < 4.78 is 5.26. The molecule has 2 atom stereocenters. The molecule has 0 aromatic carbocycles. The molecule has 74 valence electrons. The lowest BCUT2D eigenvalue weighted by Crippen LogP contribution is -2.61. The Bertz CT molecular complexity index is 92.0. The quantitative estimate of drug-likeness (QED) is 0.556. The van der Waals surface area contributed by atoms with Gasteiger partial charge in [-0.3, -0.25) is 4.90 Å². The number of hydrogen-bond donors (Lipinski definition) is 0. The number of morpholine rings is 1. The van der Waals surface area contributed by atoms with Crippen LogP contribution in [0.1, 0.15) is 34.1 Å². The van der Waals surface area contributed by atoms with Gasteiger partial charge in [0.1, 0.15) is 0 Å². The minimum atomic E-state index is 0.758. The molecule has 3 aliphatic heterocycles. The summed E-state index contributed by atoms with van der Waals surface area (Å²) in [5.41, 5.74) is 0. The lowest BCUT2D eigenvalue weighted by Gasteiger charge is -2.50. The highest BCUT2D eigenvalue weighted by Gasteiger charge is 2.39. The topological polar surface area (TPSA) is 12.5 Å². The molecule has 2 unspecified atom stereocenters. The fourth-order valence-corrected chi connectivity index (χ4v) is 1.52. The van der Waals surface area contributed by atoms with Crippen LogP contribution >= 0.6 is 0 Å². The lowest BCUT2D eigenvalue weighted by atomic mass is 9.93. The third-order valence-corrected chi connectivity index (χ3v) is 2.32. The second-order valence-corrected chi connectivity index (χ2v) is 2.75. The largest absolute Gasteiger partial charge is 0.378 e. The second-order valence-electron chi connectivity index (χ2n) is 2.75. The van der Waals surface area contributed by atoms with Gasteiger partial charge in [0.25, 0.3) is 0 Å². The molecule has 2 bridgehead atoms. The molecule has 3 heterocycles. The van der Waals surface area contributed by atoms with E-state index in [-0.39, 0.29) is 0 Å². The Hall–Kier alpha value is -0.0800. The molecule has 3 saturated heterocycles. The van der Waals surface area contributed by atoms with Crippen molar-refractivity contribution in [3.63, 3.8) is 0 Å². The Morgan fingerprint density at radius 2 is 1.42 bits per heavy atom. The van der Waals surface area contributed by atoms with Crippen LogP contribution in [0.5, 0.6) is 0 Å². The van der Waals surface area contributed by atoms with E-state index in [1.807, 2.05) is 27.7 Å². The lowest BCUT2D eigenvalue weighted by molar-refractivity contribution is -0.113. The maximum absolute atomic E-state index is 5.26. The summed E-state index contributed by atoms with van der Waals surface area (Å²) in [5.74, 6) is 0. The van der Waals surface area contributed by atoms with Gasteiger partial charge in [-0.25, -0.2) is 0 Å². The molecule has 0 spiro atoms. The summed E-state index contributed by atoms with van der Waals surface area (Å²) in [6.45, 7) is 9.93. The summed E-state index contributed by atoms with van der Waals surface area (Å²) in [7, 11) is 2.18. The van der Waals surface area contributed by atoms with Crippen molar-refractivity contribution in [1.29, 1.82) is 0 Å². The van der Waals surface area contributed by atoms with E-state index in [2.05, 4.69) is 11.9 Å². The smallest absolute Gasteiger partial charge is 0.0623 e. The number of likely N-dealkylation sites (N-methyl/N-ethyl adjacent to an activating group) is 1. The molecule has 0 saturated carbocycles. The SMILES string of the molecule is CC.CC.CN1C2COCC1C2. The Balaban J connectivity index is 0.000000269. The van der Waals surface area contributed by atoms with Crippen LogP contribution in [0.4, 0.5) is 0 Å². The summed E-state index contributed by atoms with van der Waals surface area (Å²) in [5, 5.41) is 0. The number of hydrogen-bond acceptors (Lipinski definition) is 2. The maximum atomic E-state index is 5.26. The molecule has 2 heteroatoms. The Kier molecular flexibility index (Phi) is 6.39. The minimum absolute atomic E-state index is 0.758. The minimum Gasteiger partial charge on any atom is -0.378 e. The second kappa shape index (κ2) is 6.44. The first kappa shape index (κ1) is 11.9. The van der Waals surface area contributed by atoms with Gasteiger partial charge >= 0.3 is 0 Å². The van der Waals surface area contributed by atoms with Gasteiger partial charge in [0.05, 0.1) is 13.2 Å². The molecule has 3 aliphatic rings. The van der Waals surface area contributed by atoms with Crippen molar-refractivity contribution < 1.29 is 4.74 Å². The Morgan fingerprint density at radius 3 is 1.58 bits per heavy atom. The first-order valence-electron chi connectivity index (χ1n) is 5.17. The normalized spacial score (nSPS) is 31.8. The molecule has 12 heavy (non-hydrogen) atoms. The number of nitrogens with zero attached hydrogens (tertiary/aromatic N) is 1. The molecular formula is C10H23NO. The summed E-state index contributed by atoms with van der Waals surface area (Å²) in [6.07, 6.45) is 1.37. The van der Waals surface area contributed by atoms with Crippen LogP contribution < -0.4 is 0 Å². The molecule has 0 amide bonds. The predicted molar refractivity (Wildman–Crippen MR) is 53.5 cm³/mol. The van der Waals surface area contributed by atoms with Gasteiger partial charge < -0.3 is 4.74 Å². The van der Waals surface area contributed by atoms with E-state index >= 15 is 0 Å². The van der Waals surface area contributed by atoms with Gasteiger partial charge in [0.15, 0.2) is 0 Å². The molecule has 0 aromatic heterocycles. The van der Waals surface area contributed by atoms with Crippen molar-refractivity contribution >= 4 is 0 Å². The van der Waals surface area contributed by atoms with E-state index < -0.39 is 0 Å². The Morgan fingerprint density at radius 1 is 1.00 bits per heavy atom. The molecule has 0 aliphatic carbocycles. The van der Waals surface area contributed by atoms with Crippen LogP contribution in [0.15, 0.2) is 0 Å². The maximum Gasteiger partial charge on any atom is 0.0623 e. The highest BCUT2D eigenvalue weighted by Crippen LogP contribution is 2.27. The van der Waals surface area contributed by atoms with E-state index in [4.69, 9.17) is 4.74 Å². The first-order valence-corrected chi connectivity index (χ1v) is 5.17. The summed E-state index contributed by atoms with van der Waals surface area (Å²) in [6, 6.07) is 1.52. The molecule has 3 fully saturated rings. The van der Waals surface area contributed by atoms with Crippen LogP contribution in [0.2, 0.25) is 0 Å². The molecule has 3 rings (SSSR count). The average molecular weight is 173 g/mol. The van der Waals surface area contributed by atoms with Crippen LogP contribution in [0.25, 0.3) is 0 Å². The predicted octanol–water partition coefficient (Wildman–Crippen LogP) is 2.14. The van der Waals surface area contributed by atoms with Crippen molar-refractivity contribution in [2.45, 2.75) is 46.2 Å². The number of fused-ring (bicyclic) bond motifs is 2. The van der Waals surface area contributed by atoms with Gasteiger partial charge in [-0.1, -0.05) is 27.7 Å². The van der Waals surface area contributed by atoms with Crippen LogP contribution in [0.3, 0.4) is 0 Å². The van der Waals surface area contributed by atoms with Crippen molar-refractivity contribution in [3.8, 4) is 0 Å².